The molecular formula is C29H38F3N5O4. The largest absolute Gasteiger partial charge is 0.471 e. The van der Waals surface area contributed by atoms with Crippen molar-refractivity contribution in [3.8, 4) is 6.07 Å². The number of benzene rings is 1. The SMILES string of the molecule is CC(C)C[C@@H](C(=O)N1C[C@]2(C[C@H]1C#N)C(=O)Nc1ccccc12)N(C)C(=O)C(CC(C)(C)C)N(C)C(=O)C(F)(F)F. The minimum absolute atomic E-state index is 0.0691. The number of halogens is 3. The maximum absolute atomic E-state index is 14.1. The lowest BCUT2D eigenvalue weighted by Gasteiger charge is -2.38. The molecule has 1 spiro atoms. The van der Waals surface area contributed by atoms with Crippen molar-refractivity contribution in [2.24, 2.45) is 11.3 Å². The van der Waals surface area contributed by atoms with Crippen LogP contribution in [0.5, 0.6) is 0 Å². The quantitative estimate of drug-likeness (QED) is 0.531. The number of nitriles is 1. The minimum Gasteiger partial charge on any atom is -0.332 e. The molecule has 0 bridgehead atoms. The first-order valence-electron chi connectivity index (χ1n) is 13.6. The lowest BCUT2D eigenvalue weighted by Crippen LogP contribution is -2.58. The summed E-state index contributed by atoms with van der Waals surface area (Å²) in [5.41, 5.74) is -0.471. The number of carbonyl (C=O) groups excluding carboxylic acids is 4. The maximum atomic E-state index is 14.1. The van der Waals surface area contributed by atoms with Gasteiger partial charge in [0.1, 0.15) is 18.1 Å². The van der Waals surface area contributed by atoms with Gasteiger partial charge in [-0.15, -0.1) is 0 Å². The molecule has 1 unspecified atom stereocenters. The Morgan fingerprint density at radius 3 is 2.27 bits per heavy atom. The lowest BCUT2D eigenvalue weighted by molar-refractivity contribution is -0.188. The molecule has 224 valence electrons. The Labute approximate surface area is 238 Å². The van der Waals surface area contributed by atoms with Crippen LogP contribution in [0.25, 0.3) is 0 Å². The second-order valence-corrected chi connectivity index (χ2v) is 12.7. The van der Waals surface area contributed by atoms with Crippen LogP contribution in [-0.4, -0.2) is 83.3 Å². The highest BCUT2D eigenvalue weighted by Gasteiger charge is 2.57. The number of anilines is 1. The Hall–Kier alpha value is -3.62. The number of para-hydroxylation sites is 1. The van der Waals surface area contributed by atoms with Crippen molar-refractivity contribution in [2.45, 2.75) is 83.6 Å². The number of likely N-dealkylation sites (tertiary alicyclic amines) is 1. The molecule has 1 saturated heterocycles. The molecule has 4 amide bonds. The molecule has 0 aliphatic carbocycles. The van der Waals surface area contributed by atoms with E-state index in [1.54, 1.807) is 45.0 Å². The summed E-state index contributed by atoms with van der Waals surface area (Å²) >= 11 is 0. The number of carbonyl (C=O) groups is 4. The monoisotopic (exact) mass is 577 g/mol. The third-order valence-corrected chi connectivity index (χ3v) is 7.83. The summed E-state index contributed by atoms with van der Waals surface area (Å²) in [6.45, 7) is 8.79. The second kappa shape index (κ2) is 11.3. The van der Waals surface area contributed by atoms with Crippen LogP contribution in [0.2, 0.25) is 0 Å². The van der Waals surface area contributed by atoms with E-state index in [4.69, 9.17) is 0 Å². The van der Waals surface area contributed by atoms with Crippen molar-refractivity contribution in [3.63, 3.8) is 0 Å². The van der Waals surface area contributed by atoms with Gasteiger partial charge in [0.25, 0.3) is 0 Å². The van der Waals surface area contributed by atoms with Gasteiger partial charge in [0.05, 0.1) is 11.5 Å². The Morgan fingerprint density at radius 1 is 1.12 bits per heavy atom. The summed E-state index contributed by atoms with van der Waals surface area (Å²) in [6.07, 6.45) is -5.04. The molecule has 1 fully saturated rings. The molecular weight excluding hydrogens is 539 g/mol. The van der Waals surface area contributed by atoms with Gasteiger partial charge in [-0.25, -0.2) is 0 Å². The molecule has 9 nitrogen and oxygen atoms in total. The molecule has 3 rings (SSSR count). The Kier molecular flexibility index (Phi) is 8.82. The summed E-state index contributed by atoms with van der Waals surface area (Å²) in [5.74, 6) is -3.98. The zero-order valence-corrected chi connectivity index (χ0v) is 24.5. The van der Waals surface area contributed by atoms with Gasteiger partial charge in [-0.1, -0.05) is 52.8 Å². The highest BCUT2D eigenvalue weighted by Crippen LogP contribution is 2.46. The summed E-state index contributed by atoms with van der Waals surface area (Å²) in [5, 5.41) is 12.8. The molecule has 0 radical (unpaired) electrons. The fourth-order valence-electron chi connectivity index (χ4n) is 5.75. The van der Waals surface area contributed by atoms with Crippen LogP contribution in [0.4, 0.5) is 18.9 Å². The third-order valence-electron chi connectivity index (χ3n) is 7.83. The van der Waals surface area contributed by atoms with Crippen molar-refractivity contribution in [2.75, 3.05) is 26.0 Å². The van der Waals surface area contributed by atoms with E-state index in [9.17, 15) is 37.6 Å². The van der Waals surface area contributed by atoms with Crippen LogP contribution in [0, 0.1) is 22.7 Å². The molecule has 4 atom stereocenters. The molecule has 1 N–H and O–H groups in total. The number of alkyl halides is 3. The molecule has 0 saturated carbocycles. The molecule has 12 heteroatoms. The van der Waals surface area contributed by atoms with Crippen LogP contribution >= 0.6 is 0 Å². The highest BCUT2D eigenvalue weighted by atomic mass is 19.4. The highest BCUT2D eigenvalue weighted by molar-refractivity contribution is 6.07. The average molecular weight is 578 g/mol. The van der Waals surface area contributed by atoms with E-state index >= 15 is 0 Å². The predicted octanol–water partition coefficient (Wildman–Crippen LogP) is 3.70. The van der Waals surface area contributed by atoms with Crippen molar-refractivity contribution < 1.29 is 32.3 Å². The Bertz CT molecular complexity index is 1250. The maximum Gasteiger partial charge on any atom is 0.471 e. The second-order valence-electron chi connectivity index (χ2n) is 12.7. The van der Waals surface area contributed by atoms with E-state index in [-0.39, 0.29) is 37.6 Å². The first-order valence-corrected chi connectivity index (χ1v) is 13.6. The van der Waals surface area contributed by atoms with Crippen LogP contribution in [0.1, 0.15) is 59.4 Å². The topological polar surface area (TPSA) is 114 Å². The fourth-order valence-corrected chi connectivity index (χ4v) is 5.75. The smallest absolute Gasteiger partial charge is 0.332 e. The predicted molar refractivity (Wildman–Crippen MR) is 145 cm³/mol. The van der Waals surface area contributed by atoms with E-state index in [2.05, 4.69) is 11.4 Å². The van der Waals surface area contributed by atoms with Gasteiger partial charge in [-0.3, -0.25) is 19.2 Å². The zero-order chi connectivity index (χ0) is 31.1. The van der Waals surface area contributed by atoms with Crippen molar-refractivity contribution in [1.29, 1.82) is 5.26 Å². The number of nitrogens with zero attached hydrogens (tertiary/aromatic N) is 4. The molecule has 1 aromatic rings. The molecule has 2 heterocycles. The van der Waals surface area contributed by atoms with Gasteiger partial charge >= 0.3 is 12.1 Å². The molecule has 2 aliphatic heterocycles. The molecule has 0 aromatic heterocycles. The van der Waals surface area contributed by atoms with Crippen molar-refractivity contribution in [3.05, 3.63) is 29.8 Å². The summed E-state index contributed by atoms with van der Waals surface area (Å²) in [7, 11) is 2.27. The van der Waals surface area contributed by atoms with Crippen LogP contribution in [-0.2, 0) is 24.6 Å². The van der Waals surface area contributed by atoms with Gasteiger partial charge < -0.3 is 20.0 Å². The number of rotatable bonds is 7. The van der Waals surface area contributed by atoms with E-state index in [0.29, 0.717) is 16.2 Å². The van der Waals surface area contributed by atoms with Gasteiger partial charge in [-0.05, 0) is 35.8 Å². The van der Waals surface area contributed by atoms with E-state index in [1.807, 2.05) is 13.8 Å². The minimum atomic E-state index is -5.18. The lowest BCUT2D eigenvalue weighted by atomic mass is 9.80. The molecule has 41 heavy (non-hydrogen) atoms. The fraction of sp³-hybridized carbons (Fsp3) is 0.621. The molecule has 1 aromatic carbocycles. The van der Waals surface area contributed by atoms with Gasteiger partial charge in [0.2, 0.25) is 17.7 Å². The third kappa shape index (κ3) is 6.34. The number of nitrogens with one attached hydrogen (secondary N) is 1. The Morgan fingerprint density at radius 2 is 1.73 bits per heavy atom. The number of hydrogen-bond donors (Lipinski definition) is 1. The first-order chi connectivity index (χ1) is 18.8. The van der Waals surface area contributed by atoms with Crippen molar-refractivity contribution in [1.82, 2.24) is 14.7 Å². The van der Waals surface area contributed by atoms with E-state index in [0.717, 1.165) is 11.9 Å². The van der Waals surface area contributed by atoms with Crippen LogP contribution in [0.15, 0.2) is 24.3 Å². The van der Waals surface area contributed by atoms with E-state index in [1.165, 1.54) is 11.9 Å². The standard InChI is InChI=1S/C29H38F3N5O4/c1-17(2)12-21(35(6)23(38)22(14-27(3,4)5)36(7)26(41)29(30,31)32)24(39)37-16-28(13-18(37)15-33)19-10-8-9-11-20(19)34-25(28)40/h8-11,17-18,21-22H,12-14,16H2,1-7H3,(H,34,40)/t18-,21-,22?,28-/m0/s1. The average Bonchev–Trinajstić information content (AvgIpc) is 3.40. The van der Waals surface area contributed by atoms with Crippen molar-refractivity contribution >= 4 is 29.3 Å². The summed E-state index contributed by atoms with van der Waals surface area (Å²) in [6, 6.07) is 5.61. The summed E-state index contributed by atoms with van der Waals surface area (Å²) in [4.78, 5) is 56.0. The number of hydrogen-bond acceptors (Lipinski definition) is 5. The Balaban J connectivity index is 1.98. The van der Waals surface area contributed by atoms with Gasteiger partial charge in [0, 0.05) is 32.7 Å². The molecule has 2 aliphatic rings. The van der Waals surface area contributed by atoms with Gasteiger partial charge in [-0.2, -0.15) is 18.4 Å². The van der Waals surface area contributed by atoms with Gasteiger partial charge in [0.15, 0.2) is 0 Å². The zero-order valence-electron chi connectivity index (χ0n) is 24.5. The normalized spacial score (nSPS) is 21.8. The number of fused-ring (bicyclic) bond motifs is 2. The van der Waals surface area contributed by atoms with Crippen LogP contribution < -0.4 is 5.32 Å². The number of likely N-dealkylation sites (N-methyl/N-ethyl adjacent to an activating group) is 2. The number of amides is 4. The summed E-state index contributed by atoms with van der Waals surface area (Å²) < 4.78 is 40.0. The van der Waals surface area contributed by atoms with Crippen LogP contribution in [0.3, 0.4) is 0 Å². The van der Waals surface area contributed by atoms with E-state index < -0.39 is 52.9 Å². The first kappa shape index (κ1) is 31.9.